The van der Waals surface area contributed by atoms with Crippen LogP contribution in [0.15, 0.2) is 42.0 Å². The highest BCUT2D eigenvalue weighted by Gasteiger charge is 2.72. The number of hydrogen-bond donors (Lipinski definition) is 3. The van der Waals surface area contributed by atoms with E-state index in [1.165, 1.54) is 5.57 Å². The number of alkyl carbamates (subject to hydrolysis) is 1. The highest BCUT2D eigenvalue weighted by Crippen LogP contribution is 2.59. The van der Waals surface area contributed by atoms with E-state index in [1.807, 2.05) is 30.3 Å². The van der Waals surface area contributed by atoms with Gasteiger partial charge >= 0.3 is 6.09 Å². The molecule has 4 unspecified atom stereocenters. The zero-order chi connectivity index (χ0) is 28.6. The van der Waals surface area contributed by atoms with Crippen LogP contribution in [0, 0.1) is 5.92 Å². The Morgan fingerprint density at radius 3 is 2.42 bits per heavy atom. The van der Waals surface area contributed by atoms with Crippen molar-refractivity contribution in [1.82, 2.24) is 10.6 Å². The van der Waals surface area contributed by atoms with E-state index in [9.17, 15) is 9.59 Å². The van der Waals surface area contributed by atoms with Crippen molar-refractivity contribution in [1.29, 1.82) is 0 Å². The number of benzene rings is 1. The third-order valence-corrected chi connectivity index (χ3v) is 8.42. The first-order valence-electron chi connectivity index (χ1n) is 14.8. The van der Waals surface area contributed by atoms with Gasteiger partial charge in [0.15, 0.2) is 0 Å². The lowest BCUT2D eigenvalue weighted by atomic mass is 9.68. The van der Waals surface area contributed by atoms with Crippen LogP contribution in [-0.2, 0) is 23.7 Å². The van der Waals surface area contributed by atoms with Crippen LogP contribution in [0.2, 0.25) is 0 Å². The number of anilines is 1. The number of nitrogens with one attached hydrogen (secondary N) is 3. The molecule has 1 aromatic carbocycles. The first-order valence-corrected chi connectivity index (χ1v) is 14.8. The number of unbranched alkanes of at least 4 members (excludes halogenated alkanes) is 3. The van der Waals surface area contributed by atoms with E-state index < -0.39 is 6.09 Å². The number of hydrogen-bond acceptors (Lipinski definition) is 7. The Hall–Kier alpha value is -2.62. The van der Waals surface area contributed by atoms with Gasteiger partial charge in [0, 0.05) is 25.9 Å². The van der Waals surface area contributed by atoms with Gasteiger partial charge in [-0.1, -0.05) is 42.7 Å². The molecule has 40 heavy (non-hydrogen) atoms. The number of allylic oxidation sites excluding steroid dienone is 1. The number of amides is 2. The third-order valence-electron chi connectivity index (χ3n) is 8.42. The van der Waals surface area contributed by atoms with Crippen molar-refractivity contribution in [2.24, 2.45) is 5.92 Å². The molecule has 1 saturated carbocycles. The molecular weight excluding hydrogens is 510 g/mol. The average molecular weight is 558 g/mol. The maximum atomic E-state index is 12.6. The SMILES string of the molecule is COC1C(OC(=O)NCCCCCCNC(=O)CNc2ccccc2)CC[C@]2(CO2)C1C1(C)O[C@@H]1CC=C(C)C. The van der Waals surface area contributed by atoms with Crippen LogP contribution in [0.5, 0.6) is 0 Å². The minimum atomic E-state index is -0.403. The van der Waals surface area contributed by atoms with E-state index in [0.29, 0.717) is 26.1 Å². The second-order valence-electron chi connectivity index (χ2n) is 11.7. The molecule has 0 bridgehead atoms. The summed E-state index contributed by atoms with van der Waals surface area (Å²) in [7, 11) is 1.69. The topological polar surface area (TPSA) is 114 Å². The molecule has 1 spiro atoms. The predicted molar refractivity (Wildman–Crippen MR) is 154 cm³/mol. The Labute approximate surface area is 238 Å². The summed E-state index contributed by atoms with van der Waals surface area (Å²) >= 11 is 0. The number of carbonyl (C=O) groups is 2. The van der Waals surface area contributed by atoms with Crippen molar-refractivity contribution >= 4 is 17.7 Å². The molecule has 2 amide bonds. The van der Waals surface area contributed by atoms with Crippen molar-refractivity contribution in [2.75, 3.05) is 38.7 Å². The van der Waals surface area contributed by atoms with Gasteiger partial charge < -0.3 is 34.9 Å². The van der Waals surface area contributed by atoms with Crippen LogP contribution in [0.25, 0.3) is 0 Å². The Bertz CT molecular complexity index is 1010. The normalized spacial score (nSPS) is 30.3. The van der Waals surface area contributed by atoms with Gasteiger partial charge in [-0.05, 0) is 65.0 Å². The van der Waals surface area contributed by atoms with Crippen molar-refractivity contribution in [3.05, 3.63) is 42.0 Å². The van der Waals surface area contributed by atoms with E-state index in [1.54, 1.807) is 7.11 Å². The van der Waals surface area contributed by atoms with Crippen LogP contribution in [0.3, 0.4) is 0 Å². The molecule has 2 heterocycles. The minimum absolute atomic E-state index is 0.0155. The molecule has 222 valence electrons. The van der Waals surface area contributed by atoms with E-state index in [2.05, 4.69) is 42.8 Å². The molecule has 9 heteroatoms. The van der Waals surface area contributed by atoms with Crippen molar-refractivity contribution in [2.45, 2.75) is 95.2 Å². The number of rotatable bonds is 15. The summed E-state index contributed by atoms with van der Waals surface area (Å²) in [6, 6.07) is 9.67. The fourth-order valence-electron chi connectivity index (χ4n) is 6.07. The van der Waals surface area contributed by atoms with E-state index >= 15 is 0 Å². The highest BCUT2D eigenvalue weighted by molar-refractivity contribution is 5.80. The fourth-order valence-corrected chi connectivity index (χ4v) is 6.07. The Morgan fingerprint density at radius 1 is 1.07 bits per heavy atom. The summed E-state index contributed by atoms with van der Waals surface area (Å²) < 4.78 is 24.0. The van der Waals surface area contributed by atoms with Gasteiger partial charge in [0.2, 0.25) is 5.91 Å². The summed E-state index contributed by atoms with van der Waals surface area (Å²) in [6.45, 7) is 8.51. The molecule has 3 aliphatic rings. The standard InChI is InChI=1S/C31H47N3O6/c1-22(2)14-15-25-30(3,40-25)28-27(37-4)24(16-17-31(28)21-38-31)39-29(36)33-19-11-6-5-10-18-32-26(35)20-34-23-12-8-7-9-13-23/h7-9,12-14,24-25,27-28,34H,5-6,10-11,15-21H2,1-4H3,(H,32,35)(H,33,36)/t24?,25-,27?,28?,30?,31+/m1/s1. The van der Waals surface area contributed by atoms with E-state index in [4.69, 9.17) is 18.9 Å². The second kappa shape index (κ2) is 13.8. The van der Waals surface area contributed by atoms with Gasteiger partial charge in [-0.25, -0.2) is 4.79 Å². The summed E-state index contributed by atoms with van der Waals surface area (Å²) in [5, 5.41) is 8.94. The first kappa shape index (κ1) is 30.3. The van der Waals surface area contributed by atoms with Crippen molar-refractivity contribution in [3.63, 3.8) is 0 Å². The van der Waals surface area contributed by atoms with E-state index in [0.717, 1.165) is 44.2 Å². The van der Waals surface area contributed by atoms with Gasteiger partial charge in [-0.3, -0.25) is 4.79 Å². The molecule has 0 aromatic heterocycles. The molecule has 1 aliphatic carbocycles. The van der Waals surface area contributed by atoms with Gasteiger partial charge in [-0.15, -0.1) is 0 Å². The van der Waals surface area contributed by atoms with Crippen LogP contribution < -0.4 is 16.0 Å². The summed E-state index contributed by atoms with van der Waals surface area (Å²) in [4.78, 5) is 24.6. The van der Waals surface area contributed by atoms with Crippen LogP contribution in [0.1, 0.15) is 65.7 Å². The quantitative estimate of drug-likeness (QED) is 0.164. The highest BCUT2D eigenvalue weighted by atomic mass is 16.6. The molecular formula is C31H47N3O6. The molecule has 3 N–H and O–H groups in total. The van der Waals surface area contributed by atoms with Crippen molar-refractivity contribution in [3.8, 4) is 0 Å². The molecule has 0 radical (unpaired) electrons. The number of carbonyl (C=O) groups excluding carboxylic acids is 2. The molecule has 9 nitrogen and oxygen atoms in total. The predicted octanol–water partition coefficient (Wildman–Crippen LogP) is 4.58. The second-order valence-corrected chi connectivity index (χ2v) is 11.7. The van der Waals surface area contributed by atoms with E-state index in [-0.39, 0.29) is 47.9 Å². The largest absolute Gasteiger partial charge is 0.443 e. The minimum Gasteiger partial charge on any atom is -0.443 e. The number of ether oxygens (including phenoxy) is 4. The molecule has 4 rings (SSSR count). The number of epoxide rings is 2. The lowest BCUT2D eigenvalue weighted by Crippen LogP contribution is -2.56. The summed E-state index contributed by atoms with van der Waals surface area (Å²) in [5.41, 5.74) is 1.63. The van der Waals surface area contributed by atoms with Gasteiger partial charge in [0.25, 0.3) is 0 Å². The van der Waals surface area contributed by atoms with Crippen LogP contribution in [0.4, 0.5) is 10.5 Å². The summed E-state index contributed by atoms with van der Waals surface area (Å²) in [5.74, 6) is -0.000807. The number of methoxy groups -OCH3 is 1. The summed E-state index contributed by atoms with van der Waals surface area (Å²) in [6.07, 6.45) is 7.44. The first-order chi connectivity index (χ1) is 19.3. The Balaban J connectivity index is 1.10. The lowest BCUT2D eigenvalue weighted by molar-refractivity contribution is -0.119. The van der Waals surface area contributed by atoms with Gasteiger partial charge in [0.1, 0.15) is 23.4 Å². The molecule has 2 saturated heterocycles. The van der Waals surface area contributed by atoms with Gasteiger partial charge in [0.05, 0.1) is 25.2 Å². The maximum absolute atomic E-state index is 12.6. The lowest BCUT2D eigenvalue weighted by Gasteiger charge is -2.42. The molecule has 3 fully saturated rings. The zero-order valence-electron chi connectivity index (χ0n) is 24.5. The smallest absolute Gasteiger partial charge is 0.407 e. The molecule has 1 aromatic rings. The Kier molecular flexibility index (Phi) is 10.5. The number of para-hydroxylation sites is 1. The van der Waals surface area contributed by atoms with Gasteiger partial charge in [-0.2, -0.15) is 0 Å². The maximum Gasteiger partial charge on any atom is 0.407 e. The Morgan fingerprint density at radius 2 is 1.77 bits per heavy atom. The fraction of sp³-hybridized carbons (Fsp3) is 0.677. The van der Waals surface area contributed by atoms with Crippen molar-refractivity contribution < 1.29 is 28.5 Å². The third kappa shape index (κ3) is 7.98. The van der Waals surface area contributed by atoms with Crippen LogP contribution >= 0.6 is 0 Å². The molecule has 6 atom stereocenters. The zero-order valence-corrected chi connectivity index (χ0v) is 24.5. The molecule has 2 aliphatic heterocycles. The monoisotopic (exact) mass is 557 g/mol. The van der Waals surface area contributed by atoms with Crippen LogP contribution in [-0.4, -0.2) is 74.9 Å². The average Bonchev–Trinajstić information content (AvgIpc) is 3.86.